The van der Waals surface area contributed by atoms with E-state index in [0.29, 0.717) is 28.3 Å². The summed E-state index contributed by atoms with van der Waals surface area (Å²) in [7, 11) is 0. The van der Waals surface area contributed by atoms with Gasteiger partial charge in [-0.25, -0.2) is 4.99 Å². The molecule has 1 aromatic carbocycles. The first kappa shape index (κ1) is 19.8. The highest BCUT2D eigenvalue weighted by Crippen LogP contribution is 2.39. The fourth-order valence-corrected chi connectivity index (χ4v) is 4.13. The first-order valence-electron chi connectivity index (χ1n) is 7.98. The average Bonchev–Trinajstić information content (AvgIpc) is 3.21. The molecule has 1 atom stereocenters. The van der Waals surface area contributed by atoms with E-state index >= 15 is 0 Å². The molecule has 0 amide bonds. The van der Waals surface area contributed by atoms with Gasteiger partial charge in [0.25, 0.3) is 0 Å². The number of guanidine groups is 1. The number of halogens is 2. The lowest BCUT2D eigenvalue weighted by atomic mass is 10.2. The van der Waals surface area contributed by atoms with Crippen LogP contribution < -0.4 is 20.1 Å². The van der Waals surface area contributed by atoms with Gasteiger partial charge in [0.1, 0.15) is 0 Å². The second-order valence-electron chi connectivity index (χ2n) is 5.52. The maximum Gasteiger partial charge on any atom is 0.231 e. The van der Waals surface area contributed by atoms with E-state index in [9.17, 15) is 0 Å². The van der Waals surface area contributed by atoms with Gasteiger partial charge in [-0.15, -0.1) is 24.0 Å². The SMILES string of the molecule is CCNC(=NCc1cc(Cl)c2c(c1)OCO2)NCC1CCCS1.I. The molecule has 1 saturated heterocycles. The molecule has 1 unspecified atom stereocenters. The summed E-state index contributed by atoms with van der Waals surface area (Å²) in [4.78, 5) is 4.64. The molecule has 2 N–H and O–H groups in total. The quantitative estimate of drug-likeness (QED) is 0.380. The summed E-state index contributed by atoms with van der Waals surface area (Å²) in [5.41, 5.74) is 1.01. The molecule has 134 valence electrons. The van der Waals surface area contributed by atoms with Gasteiger partial charge in [-0.1, -0.05) is 11.6 Å². The zero-order valence-corrected chi connectivity index (χ0v) is 17.5. The van der Waals surface area contributed by atoms with Gasteiger partial charge in [-0.2, -0.15) is 11.8 Å². The van der Waals surface area contributed by atoms with Crippen molar-refractivity contribution in [3.63, 3.8) is 0 Å². The third-order valence-electron chi connectivity index (χ3n) is 3.77. The summed E-state index contributed by atoms with van der Waals surface area (Å²) >= 11 is 8.25. The van der Waals surface area contributed by atoms with Crippen molar-refractivity contribution in [2.24, 2.45) is 4.99 Å². The second kappa shape index (κ2) is 9.82. The molecule has 2 aliphatic rings. The topological polar surface area (TPSA) is 54.9 Å². The Morgan fingerprint density at radius 1 is 1.38 bits per heavy atom. The Hall–Kier alpha value is -0.540. The van der Waals surface area contributed by atoms with Crippen molar-refractivity contribution in [2.75, 3.05) is 25.6 Å². The number of nitrogens with zero attached hydrogens (tertiary/aromatic N) is 1. The predicted molar refractivity (Wildman–Crippen MR) is 111 cm³/mol. The number of hydrogen-bond acceptors (Lipinski definition) is 4. The normalized spacial score (nSPS) is 19.1. The fourth-order valence-electron chi connectivity index (χ4n) is 2.64. The van der Waals surface area contributed by atoms with Crippen LogP contribution in [0.25, 0.3) is 0 Å². The van der Waals surface area contributed by atoms with E-state index in [1.165, 1.54) is 18.6 Å². The minimum Gasteiger partial charge on any atom is -0.454 e. The first-order valence-corrected chi connectivity index (χ1v) is 9.40. The molecule has 1 fully saturated rings. The van der Waals surface area contributed by atoms with Crippen LogP contribution in [0, 0.1) is 0 Å². The fraction of sp³-hybridized carbons (Fsp3) is 0.562. The van der Waals surface area contributed by atoms with Crippen molar-refractivity contribution in [3.05, 3.63) is 22.7 Å². The molecule has 0 radical (unpaired) electrons. The largest absolute Gasteiger partial charge is 0.454 e. The van der Waals surface area contributed by atoms with Crippen LogP contribution in [0.2, 0.25) is 5.02 Å². The van der Waals surface area contributed by atoms with E-state index in [2.05, 4.69) is 22.5 Å². The maximum absolute atomic E-state index is 6.21. The Labute approximate surface area is 169 Å². The van der Waals surface area contributed by atoms with Gasteiger partial charge in [0.2, 0.25) is 6.79 Å². The maximum atomic E-state index is 6.21. The Balaban J connectivity index is 0.00000208. The lowest BCUT2D eigenvalue weighted by molar-refractivity contribution is 0.174. The van der Waals surface area contributed by atoms with Crippen LogP contribution in [0.15, 0.2) is 17.1 Å². The molecule has 0 saturated carbocycles. The molecule has 2 heterocycles. The number of benzene rings is 1. The summed E-state index contributed by atoms with van der Waals surface area (Å²) in [5.74, 6) is 3.44. The van der Waals surface area contributed by atoms with E-state index in [1.807, 2.05) is 23.9 Å². The zero-order valence-electron chi connectivity index (χ0n) is 13.6. The Bertz CT molecular complexity index is 583. The van der Waals surface area contributed by atoms with Crippen LogP contribution in [0.3, 0.4) is 0 Å². The molecule has 2 aliphatic heterocycles. The van der Waals surface area contributed by atoms with E-state index < -0.39 is 0 Å². The summed E-state index contributed by atoms with van der Waals surface area (Å²) in [6.45, 7) is 4.64. The third kappa shape index (κ3) is 5.23. The number of thioether (sulfide) groups is 1. The van der Waals surface area contributed by atoms with E-state index in [1.54, 1.807) is 0 Å². The van der Waals surface area contributed by atoms with Gasteiger partial charge in [0, 0.05) is 18.3 Å². The van der Waals surface area contributed by atoms with Crippen LogP contribution >= 0.6 is 47.3 Å². The van der Waals surface area contributed by atoms with Crippen molar-refractivity contribution in [1.29, 1.82) is 0 Å². The number of ether oxygens (including phenoxy) is 2. The Kier molecular flexibility index (Phi) is 8.09. The molecule has 0 spiro atoms. The number of aliphatic imine (C=N–C) groups is 1. The van der Waals surface area contributed by atoms with Crippen LogP contribution in [-0.2, 0) is 6.54 Å². The molecule has 5 nitrogen and oxygen atoms in total. The summed E-state index contributed by atoms with van der Waals surface area (Å²) in [6, 6.07) is 3.82. The van der Waals surface area contributed by atoms with Crippen LogP contribution in [0.4, 0.5) is 0 Å². The second-order valence-corrected chi connectivity index (χ2v) is 7.34. The lowest BCUT2D eigenvalue weighted by Gasteiger charge is -2.14. The van der Waals surface area contributed by atoms with Crippen LogP contribution in [-0.4, -0.2) is 36.8 Å². The van der Waals surface area contributed by atoms with Crippen molar-refractivity contribution in [3.8, 4) is 11.5 Å². The van der Waals surface area contributed by atoms with Gasteiger partial charge >= 0.3 is 0 Å². The van der Waals surface area contributed by atoms with E-state index in [0.717, 1.165) is 24.6 Å². The van der Waals surface area contributed by atoms with Gasteiger partial charge in [0.15, 0.2) is 17.5 Å². The summed E-state index contributed by atoms with van der Waals surface area (Å²) in [5, 5.41) is 7.98. The molecule has 1 aromatic rings. The number of rotatable bonds is 5. The molecule has 8 heteroatoms. The van der Waals surface area contributed by atoms with Crippen LogP contribution in [0.1, 0.15) is 25.3 Å². The summed E-state index contributed by atoms with van der Waals surface area (Å²) in [6.07, 6.45) is 2.61. The third-order valence-corrected chi connectivity index (χ3v) is 5.45. The highest BCUT2D eigenvalue weighted by molar-refractivity contribution is 14.0. The van der Waals surface area contributed by atoms with Crippen LogP contribution in [0.5, 0.6) is 11.5 Å². The number of nitrogens with one attached hydrogen (secondary N) is 2. The molecule has 24 heavy (non-hydrogen) atoms. The highest BCUT2D eigenvalue weighted by Gasteiger charge is 2.18. The smallest absolute Gasteiger partial charge is 0.231 e. The highest BCUT2D eigenvalue weighted by atomic mass is 127. The monoisotopic (exact) mass is 483 g/mol. The van der Waals surface area contributed by atoms with Crippen molar-refractivity contribution < 1.29 is 9.47 Å². The number of fused-ring (bicyclic) bond motifs is 1. The van der Waals surface area contributed by atoms with Gasteiger partial charge < -0.3 is 20.1 Å². The van der Waals surface area contributed by atoms with E-state index in [-0.39, 0.29) is 30.8 Å². The first-order chi connectivity index (χ1) is 11.3. The summed E-state index contributed by atoms with van der Waals surface area (Å²) < 4.78 is 10.7. The molecule has 0 aliphatic carbocycles. The Morgan fingerprint density at radius 3 is 3.00 bits per heavy atom. The van der Waals surface area contributed by atoms with Gasteiger partial charge in [-0.3, -0.25) is 0 Å². The minimum absolute atomic E-state index is 0. The number of hydrogen-bond donors (Lipinski definition) is 2. The molecule has 0 bridgehead atoms. The van der Waals surface area contributed by atoms with Crippen molar-refractivity contribution in [2.45, 2.75) is 31.6 Å². The minimum atomic E-state index is 0. The molecule has 3 rings (SSSR count). The van der Waals surface area contributed by atoms with Crippen molar-refractivity contribution >= 4 is 53.3 Å². The van der Waals surface area contributed by atoms with Crippen molar-refractivity contribution in [1.82, 2.24) is 10.6 Å². The average molecular weight is 484 g/mol. The molecular weight excluding hydrogens is 461 g/mol. The van der Waals surface area contributed by atoms with E-state index in [4.69, 9.17) is 21.1 Å². The standard InChI is InChI=1S/C16H22ClN3O2S.HI/c1-2-18-16(20-9-12-4-3-5-23-12)19-8-11-6-13(17)15-14(7-11)21-10-22-15;/h6-7,12H,2-5,8-10H2,1H3,(H2,18,19,20);1H. The van der Waals surface area contributed by atoms with Gasteiger partial charge in [-0.05, 0) is 43.2 Å². The molecule has 0 aromatic heterocycles. The zero-order chi connectivity index (χ0) is 16.1. The lowest BCUT2D eigenvalue weighted by Crippen LogP contribution is -2.40. The Morgan fingerprint density at radius 2 is 2.25 bits per heavy atom. The van der Waals surface area contributed by atoms with Gasteiger partial charge in [0.05, 0.1) is 11.6 Å². The predicted octanol–water partition coefficient (Wildman–Crippen LogP) is 3.64. The molecular formula is C16H23ClIN3O2S.